The Kier molecular flexibility index (Phi) is 7.25. The van der Waals surface area contributed by atoms with Crippen LogP contribution in [0.4, 0.5) is 0 Å². The number of carbonyl (C=O) groups excluding carboxylic acids is 1. The van der Waals surface area contributed by atoms with Crippen LogP contribution in [-0.4, -0.2) is 59.5 Å². The Labute approximate surface area is 159 Å². The summed E-state index contributed by atoms with van der Waals surface area (Å²) < 4.78 is 0. The molecule has 0 spiro atoms. The predicted molar refractivity (Wildman–Crippen MR) is 103 cm³/mol. The third-order valence-electron chi connectivity index (χ3n) is 5.37. The van der Waals surface area contributed by atoms with Crippen LogP contribution in [0.25, 0.3) is 0 Å². The van der Waals surface area contributed by atoms with Crippen molar-refractivity contribution in [1.82, 2.24) is 31.7 Å². The van der Waals surface area contributed by atoms with E-state index in [1.54, 1.807) is 0 Å². The minimum absolute atomic E-state index is 0.0548. The Morgan fingerprint density at radius 1 is 1.36 bits per heavy atom. The van der Waals surface area contributed by atoms with Gasteiger partial charge in [-0.05, 0) is 51.6 Å². The monoisotopic (exact) mass is 390 g/mol. The van der Waals surface area contributed by atoms with Gasteiger partial charge in [0.15, 0.2) is 0 Å². The largest absolute Gasteiger partial charge is 0.339 e. The van der Waals surface area contributed by atoms with Crippen molar-refractivity contribution in [3.63, 3.8) is 0 Å². The lowest BCUT2D eigenvalue weighted by Crippen LogP contribution is -2.57. The molecule has 5 N–H and O–H groups in total. The van der Waals surface area contributed by atoms with Crippen LogP contribution in [0.1, 0.15) is 39.0 Å². The fourth-order valence-electron chi connectivity index (χ4n) is 3.75. The number of rotatable bonds is 5. The second-order valence-electron chi connectivity index (χ2n) is 7.35. The highest BCUT2D eigenvalue weighted by Gasteiger charge is 2.32. The molecule has 3 fully saturated rings. The summed E-state index contributed by atoms with van der Waals surface area (Å²) in [5, 5.41) is 10.3. The van der Waals surface area contributed by atoms with E-state index in [1.165, 1.54) is 0 Å². The molecule has 3 saturated heterocycles. The summed E-state index contributed by atoms with van der Waals surface area (Å²) in [4.78, 5) is 14.8. The Morgan fingerprint density at radius 2 is 2.20 bits per heavy atom. The van der Waals surface area contributed by atoms with Gasteiger partial charge in [0, 0.05) is 5.25 Å². The second kappa shape index (κ2) is 9.21. The van der Waals surface area contributed by atoms with Crippen LogP contribution in [0.2, 0.25) is 0 Å². The van der Waals surface area contributed by atoms with Gasteiger partial charge in [-0.25, -0.2) is 10.9 Å². The van der Waals surface area contributed by atoms with Gasteiger partial charge in [0.25, 0.3) is 0 Å². The van der Waals surface area contributed by atoms with Crippen molar-refractivity contribution in [3.05, 3.63) is 0 Å². The van der Waals surface area contributed by atoms with Crippen LogP contribution in [-0.2, 0) is 4.79 Å². The van der Waals surface area contributed by atoms with E-state index in [2.05, 4.69) is 45.7 Å². The van der Waals surface area contributed by atoms with E-state index in [4.69, 9.17) is 11.6 Å². The van der Waals surface area contributed by atoms with Gasteiger partial charge in [0.1, 0.15) is 5.50 Å². The smallest absolute Gasteiger partial charge is 0.238 e. The molecule has 3 rings (SSSR count). The van der Waals surface area contributed by atoms with Crippen LogP contribution in [0.3, 0.4) is 0 Å². The molecular formula is C16H31ClN6OS. The van der Waals surface area contributed by atoms with E-state index < -0.39 is 0 Å². The zero-order valence-corrected chi connectivity index (χ0v) is 16.6. The highest BCUT2D eigenvalue weighted by Crippen LogP contribution is 2.31. The topological polar surface area (TPSA) is 80.5 Å². The van der Waals surface area contributed by atoms with E-state index in [0.717, 1.165) is 45.3 Å². The fourth-order valence-corrected chi connectivity index (χ4v) is 5.37. The van der Waals surface area contributed by atoms with Crippen LogP contribution < -0.4 is 26.8 Å². The number of nitrogens with one attached hydrogen (secondary N) is 5. The first-order valence-corrected chi connectivity index (χ1v) is 10.7. The van der Waals surface area contributed by atoms with Gasteiger partial charge >= 0.3 is 0 Å². The summed E-state index contributed by atoms with van der Waals surface area (Å²) >= 11 is 8.08. The molecule has 0 radical (unpaired) electrons. The normalized spacial score (nSPS) is 38.4. The van der Waals surface area contributed by atoms with Crippen LogP contribution >= 0.6 is 23.4 Å². The van der Waals surface area contributed by atoms with Crippen molar-refractivity contribution in [2.45, 2.75) is 67.5 Å². The number of hydrogen-bond acceptors (Lipinski definition) is 7. The number of hydrazine groups is 1. The summed E-state index contributed by atoms with van der Waals surface area (Å²) in [5.41, 5.74) is 6.70. The quantitative estimate of drug-likeness (QED) is 0.346. The first-order valence-electron chi connectivity index (χ1n) is 9.31. The van der Waals surface area contributed by atoms with Crippen LogP contribution in [0.15, 0.2) is 0 Å². The lowest BCUT2D eigenvalue weighted by atomic mass is 9.92. The Hall–Kier alpha value is -0.0900. The van der Waals surface area contributed by atoms with Crippen molar-refractivity contribution < 1.29 is 4.79 Å². The van der Waals surface area contributed by atoms with E-state index in [1.807, 2.05) is 11.8 Å². The fraction of sp³-hybridized carbons (Fsp3) is 0.938. The van der Waals surface area contributed by atoms with E-state index >= 15 is 0 Å². The number of nitrogens with zero attached hydrogens (tertiary/aromatic N) is 1. The number of amides is 1. The average Bonchev–Trinajstić information content (AvgIpc) is 3.00. The summed E-state index contributed by atoms with van der Waals surface area (Å²) in [7, 11) is 2.12. The molecule has 144 valence electrons. The maximum absolute atomic E-state index is 12.5. The van der Waals surface area contributed by atoms with Crippen molar-refractivity contribution in [2.75, 3.05) is 20.3 Å². The summed E-state index contributed by atoms with van der Waals surface area (Å²) in [6.07, 6.45) is 4.98. The van der Waals surface area contributed by atoms with E-state index in [-0.39, 0.29) is 23.6 Å². The van der Waals surface area contributed by atoms with Gasteiger partial charge < -0.3 is 5.32 Å². The molecule has 0 aliphatic carbocycles. The molecule has 0 bridgehead atoms. The molecule has 3 aliphatic heterocycles. The first kappa shape index (κ1) is 19.7. The van der Waals surface area contributed by atoms with E-state index in [0.29, 0.717) is 16.7 Å². The van der Waals surface area contributed by atoms with Gasteiger partial charge in [0.05, 0.1) is 24.4 Å². The molecule has 3 aliphatic rings. The van der Waals surface area contributed by atoms with Gasteiger partial charge in [0.2, 0.25) is 5.91 Å². The highest BCUT2D eigenvalue weighted by atomic mass is 35.5. The minimum Gasteiger partial charge on any atom is -0.339 e. The number of halogens is 1. The molecule has 0 saturated carbocycles. The molecule has 5 unspecified atom stereocenters. The van der Waals surface area contributed by atoms with Crippen molar-refractivity contribution in [1.29, 1.82) is 0 Å². The molecule has 9 heteroatoms. The number of thioether (sulfide) groups is 1. The number of alkyl halides is 1. The molecule has 3 heterocycles. The maximum Gasteiger partial charge on any atom is 0.238 e. The maximum atomic E-state index is 12.5. The summed E-state index contributed by atoms with van der Waals surface area (Å²) in [5.74, 6) is 0.664. The van der Waals surface area contributed by atoms with Gasteiger partial charge in [-0.2, -0.15) is 0 Å². The number of hydrogen-bond donors (Lipinski definition) is 5. The Balaban J connectivity index is 1.46. The molecular weight excluding hydrogens is 360 g/mol. The third-order valence-corrected chi connectivity index (χ3v) is 7.27. The zero-order chi connectivity index (χ0) is 17.8. The minimum atomic E-state index is -0.160. The van der Waals surface area contributed by atoms with Gasteiger partial charge in [-0.1, -0.05) is 6.92 Å². The number of carbonyl (C=O) groups is 1. The van der Waals surface area contributed by atoms with Crippen molar-refractivity contribution in [3.8, 4) is 0 Å². The SMILES string of the molecule is C[C@H](SC1NNCN1C)C1CCNC(NC(=O)C2CCCC(Cl)N2)C1. The lowest BCUT2D eigenvalue weighted by molar-refractivity contribution is -0.125. The summed E-state index contributed by atoms with van der Waals surface area (Å²) in [6.45, 7) is 4.11. The highest BCUT2D eigenvalue weighted by molar-refractivity contribution is 8.00. The van der Waals surface area contributed by atoms with Gasteiger partial charge in [-0.3, -0.25) is 20.3 Å². The summed E-state index contributed by atoms with van der Waals surface area (Å²) in [6, 6.07) is -0.160. The molecule has 7 nitrogen and oxygen atoms in total. The van der Waals surface area contributed by atoms with Crippen molar-refractivity contribution >= 4 is 29.3 Å². The third kappa shape index (κ3) is 5.45. The predicted octanol–water partition coefficient (Wildman–Crippen LogP) is 0.538. The lowest BCUT2D eigenvalue weighted by Gasteiger charge is -2.36. The zero-order valence-electron chi connectivity index (χ0n) is 15.1. The van der Waals surface area contributed by atoms with Crippen molar-refractivity contribution in [2.24, 2.45) is 5.92 Å². The Bertz CT molecular complexity index is 458. The standard InChI is InChI=1S/C16H31ClN6OS/c1-10(25-16-22-19-9-23(16)2)11-6-7-18-14(8-11)21-15(24)12-4-3-5-13(17)20-12/h10-14,16,18-20,22H,3-9H2,1-2H3,(H,21,24)/t10-,11?,12?,13?,14?,16?/m0/s1. The molecule has 0 aromatic rings. The molecule has 1 amide bonds. The average molecular weight is 391 g/mol. The second-order valence-corrected chi connectivity index (χ2v) is 9.34. The molecule has 0 aromatic heterocycles. The van der Waals surface area contributed by atoms with Gasteiger partial charge in [-0.15, -0.1) is 23.4 Å². The van der Waals surface area contributed by atoms with Crippen LogP contribution in [0, 0.1) is 5.92 Å². The molecule has 0 aromatic carbocycles. The molecule has 25 heavy (non-hydrogen) atoms. The van der Waals surface area contributed by atoms with E-state index in [9.17, 15) is 4.79 Å². The first-order chi connectivity index (χ1) is 12.0. The molecule has 6 atom stereocenters. The van der Waals surface area contributed by atoms with Crippen LogP contribution in [0.5, 0.6) is 0 Å². The Morgan fingerprint density at radius 3 is 2.92 bits per heavy atom. The number of piperidine rings is 2.